The molecule has 1 atom stereocenters. The summed E-state index contributed by atoms with van der Waals surface area (Å²) < 4.78 is 5.48. The molecule has 136 valence electrons. The number of imide groups is 1. The van der Waals surface area contributed by atoms with E-state index in [0.717, 1.165) is 10.5 Å². The van der Waals surface area contributed by atoms with Gasteiger partial charge < -0.3 is 9.64 Å². The first-order valence-corrected chi connectivity index (χ1v) is 8.34. The first-order chi connectivity index (χ1) is 12.3. The van der Waals surface area contributed by atoms with Gasteiger partial charge in [-0.15, -0.1) is 0 Å². The number of hydrogen-bond donors (Lipinski definition) is 0. The molecule has 1 unspecified atom stereocenters. The molecule has 2 aliphatic rings. The highest BCUT2D eigenvalue weighted by Gasteiger charge is 2.45. The molecule has 1 aromatic rings. The van der Waals surface area contributed by atoms with Gasteiger partial charge in [0.15, 0.2) is 12.4 Å². The van der Waals surface area contributed by atoms with E-state index in [0.29, 0.717) is 12.8 Å². The lowest BCUT2D eigenvalue weighted by atomic mass is 9.89. The van der Waals surface area contributed by atoms with E-state index >= 15 is 0 Å². The van der Waals surface area contributed by atoms with Gasteiger partial charge in [0.25, 0.3) is 17.7 Å². The lowest BCUT2D eigenvalue weighted by Gasteiger charge is -2.29. The van der Waals surface area contributed by atoms with E-state index < -0.39 is 17.9 Å². The largest absolute Gasteiger partial charge is 0.483 e. The zero-order valence-corrected chi connectivity index (χ0v) is 14.8. The minimum Gasteiger partial charge on any atom is -0.483 e. The molecule has 3 amide bonds. The van der Waals surface area contributed by atoms with Crippen molar-refractivity contribution in [3.05, 3.63) is 41.5 Å². The van der Waals surface area contributed by atoms with E-state index in [9.17, 15) is 19.2 Å². The fourth-order valence-electron chi connectivity index (χ4n) is 3.17. The number of allylic oxidation sites excluding steroid dienone is 1. The molecular formula is C19H20N2O5. The van der Waals surface area contributed by atoms with Crippen molar-refractivity contribution in [3.63, 3.8) is 0 Å². The molecule has 1 aromatic carbocycles. The van der Waals surface area contributed by atoms with Crippen LogP contribution in [-0.2, 0) is 9.59 Å². The Balaban J connectivity index is 1.88. The Hall–Kier alpha value is -2.96. The van der Waals surface area contributed by atoms with Crippen LogP contribution in [0.1, 0.15) is 40.0 Å². The van der Waals surface area contributed by atoms with Gasteiger partial charge in [-0.2, -0.15) is 0 Å². The van der Waals surface area contributed by atoms with Crippen LogP contribution in [0, 0.1) is 0 Å². The second-order valence-electron chi connectivity index (χ2n) is 6.68. The SMILES string of the molecule is C=C1CCC(N2C(=O)c3cccc(OCC(=O)N(C)C)c3C2=O)C(=O)C1. The van der Waals surface area contributed by atoms with Gasteiger partial charge in [-0.05, 0) is 25.0 Å². The molecular weight excluding hydrogens is 336 g/mol. The van der Waals surface area contributed by atoms with Crippen molar-refractivity contribution in [2.45, 2.75) is 25.3 Å². The maximum absolute atomic E-state index is 12.9. The maximum Gasteiger partial charge on any atom is 0.266 e. The van der Waals surface area contributed by atoms with Crippen molar-refractivity contribution in [1.82, 2.24) is 9.80 Å². The molecule has 1 saturated carbocycles. The summed E-state index contributed by atoms with van der Waals surface area (Å²) >= 11 is 0. The number of Topliss-reactive ketones (excluding diaryl/α,β-unsaturated/α-hetero) is 1. The van der Waals surface area contributed by atoms with Crippen LogP contribution < -0.4 is 4.74 Å². The third kappa shape index (κ3) is 3.00. The average Bonchev–Trinajstić information content (AvgIpc) is 2.85. The number of ether oxygens (including phenoxy) is 1. The van der Waals surface area contributed by atoms with Gasteiger partial charge >= 0.3 is 0 Å². The second-order valence-corrected chi connectivity index (χ2v) is 6.68. The smallest absolute Gasteiger partial charge is 0.266 e. The molecule has 0 saturated heterocycles. The second kappa shape index (κ2) is 6.74. The first-order valence-electron chi connectivity index (χ1n) is 8.34. The molecule has 1 aliphatic carbocycles. The number of nitrogens with zero attached hydrogens (tertiary/aromatic N) is 2. The van der Waals surface area contributed by atoms with E-state index in [1.165, 1.54) is 11.0 Å². The van der Waals surface area contributed by atoms with Gasteiger partial charge in [-0.3, -0.25) is 24.1 Å². The van der Waals surface area contributed by atoms with E-state index in [4.69, 9.17) is 4.74 Å². The molecule has 26 heavy (non-hydrogen) atoms. The molecule has 7 nitrogen and oxygen atoms in total. The van der Waals surface area contributed by atoms with Crippen molar-refractivity contribution < 1.29 is 23.9 Å². The fraction of sp³-hybridized carbons (Fsp3) is 0.368. The predicted octanol–water partition coefficient (Wildman–Crippen LogP) is 1.43. The maximum atomic E-state index is 12.9. The van der Waals surface area contributed by atoms with E-state index in [2.05, 4.69) is 6.58 Å². The van der Waals surface area contributed by atoms with Gasteiger partial charge in [0.2, 0.25) is 0 Å². The number of carbonyl (C=O) groups excluding carboxylic acids is 4. The molecule has 1 fully saturated rings. The molecule has 7 heteroatoms. The molecule has 1 heterocycles. The zero-order valence-electron chi connectivity index (χ0n) is 14.8. The molecule has 0 spiro atoms. The summed E-state index contributed by atoms with van der Waals surface area (Å²) in [6.07, 6.45) is 1.17. The third-order valence-corrected chi connectivity index (χ3v) is 4.64. The van der Waals surface area contributed by atoms with Crippen LogP contribution in [0.2, 0.25) is 0 Å². The molecule has 0 N–H and O–H groups in total. The number of ketones is 1. The molecule has 0 aromatic heterocycles. The Kier molecular flexibility index (Phi) is 4.63. The molecule has 0 radical (unpaired) electrons. The van der Waals surface area contributed by atoms with E-state index in [1.54, 1.807) is 26.2 Å². The van der Waals surface area contributed by atoms with Crippen molar-refractivity contribution in [2.24, 2.45) is 0 Å². The summed E-state index contributed by atoms with van der Waals surface area (Å²) in [7, 11) is 3.19. The zero-order chi connectivity index (χ0) is 19.0. The van der Waals surface area contributed by atoms with Crippen molar-refractivity contribution in [3.8, 4) is 5.75 Å². The van der Waals surface area contributed by atoms with Crippen LogP contribution >= 0.6 is 0 Å². The van der Waals surface area contributed by atoms with Crippen LogP contribution in [0.4, 0.5) is 0 Å². The van der Waals surface area contributed by atoms with Gasteiger partial charge in [-0.1, -0.05) is 18.2 Å². The molecule has 3 rings (SSSR count). The lowest BCUT2D eigenvalue weighted by molar-refractivity contribution is -0.130. The number of amides is 3. The number of carbonyl (C=O) groups is 4. The average molecular weight is 356 g/mol. The van der Waals surface area contributed by atoms with Crippen molar-refractivity contribution in [1.29, 1.82) is 0 Å². The minimum absolute atomic E-state index is 0.112. The number of rotatable bonds is 4. The lowest BCUT2D eigenvalue weighted by Crippen LogP contribution is -2.46. The number of hydrogen-bond acceptors (Lipinski definition) is 5. The Morgan fingerprint density at radius 2 is 2.00 bits per heavy atom. The highest BCUT2D eigenvalue weighted by Crippen LogP contribution is 2.35. The topological polar surface area (TPSA) is 84.0 Å². The van der Waals surface area contributed by atoms with Crippen LogP contribution in [0.5, 0.6) is 5.75 Å². The summed E-state index contributed by atoms with van der Waals surface area (Å²) in [6, 6.07) is 3.89. The third-order valence-electron chi connectivity index (χ3n) is 4.64. The van der Waals surface area contributed by atoms with Crippen molar-refractivity contribution in [2.75, 3.05) is 20.7 Å². The predicted molar refractivity (Wildman–Crippen MR) is 92.9 cm³/mol. The highest BCUT2D eigenvalue weighted by molar-refractivity contribution is 6.24. The Morgan fingerprint density at radius 1 is 1.27 bits per heavy atom. The normalized spacial score (nSPS) is 19.6. The molecule has 1 aliphatic heterocycles. The van der Waals surface area contributed by atoms with Gasteiger partial charge in [0.05, 0.1) is 17.2 Å². The summed E-state index contributed by atoms with van der Waals surface area (Å²) in [4.78, 5) is 52.1. The van der Waals surface area contributed by atoms with E-state index in [-0.39, 0.29) is 41.6 Å². The van der Waals surface area contributed by atoms with E-state index in [1.807, 2.05) is 0 Å². The van der Waals surface area contributed by atoms with Gasteiger partial charge in [0.1, 0.15) is 5.75 Å². The number of fused-ring (bicyclic) bond motifs is 1. The first kappa shape index (κ1) is 17.8. The number of benzene rings is 1. The standard InChI is InChI=1S/C19H20N2O5/c1-11-7-8-13(14(22)9-11)21-18(24)12-5-4-6-15(17(12)19(21)25)26-10-16(23)20(2)3/h4-6,13H,1,7-10H2,2-3H3. The Morgan fingerprint density at radius 3 is 2.65 bits per heavy atom. The molecule has 0 bridgehead atoms. The minimum atomic E-state index is -0.774. The quantitative estimate of drug-likeness (QED) is 0.602. The fourth-order valence-corrected chi connectivity index (χ4v) is 3.17. The Bertz CT molecular complexity index is 827. The van der Waals surface area contributed by atoms with Crippen molar-refractivity contribution >= 4 is 23.5 Å². The summed E-state index contributed by atoms with van der Waals surface area (Å²) in [6.45, 7) is 3.56. The Labute approximate surface area is 151 Å². The van der Waals surface area contributed by atoms with Crippen LogP contribution in [0.15, 0.2) is 30.4 Å². The summed E-state index contributed by atoms with van der Waals surface area (Å²) in [5.41, 5.74) is 1.12. The number of likely N-dealkylation sites (N-methyl/N-ethyl adjacent to an activating group) is 1. The van der Waals surface area contributed by atoms with Gasteiger partial charge in [0, 0.05) is 20.5 Å². The van der Waals surface area contributed by atoms with Crippen LogP contribution in [-0.4, -0.2) is 60.0 Å². The monoisotopic (exact) mass is 356 g/mol. The highest BCUT2D eigenvalue weighted by atomic mass is 16.5. The van der Waals surface area contributed by atoms with Gasteiger partial charge in [-0.25, -0.2) is 0 Å². The summed E-state index contributed by atoms with van der Waals surface area (Å²) in [5, 5.41) is 0. The van der Waals surface area contributed by atoms with Crippen LogP contribution in [0.3, 0.4) is 0 Å². The van der Waals surface area contributed by atoms with Crippen LogP contribution in [0.25, 0.3) is 0 Å². The summed E-state index contributed by atoms with van der Waals surface area (Å²) in [5.74, 6) is -1.33.